The molecule has 0 aromatic rings. The summed E-state index contributed by atoms with van der Waals surface area (Å²) in [7, 11) is 4.00. The van der Waals surface area contributed by atoms with E-state index < -0.39 is 0 Å². The Hall–Kier alpha value is -0.160. The fraction of sp³-hybridized carbons (Fsp3) is 1.00. The predicted octanol–water partition coefficient (Wildman–Crippen LogP) is -0.663. The van der Waals surface area contributed by atoms with E-state index in [9.17, 15) is 0 Å². The Morgan fingerprint density at radius 3 is 1.79 bits per heavy atom. The van der Waals surface area contributed by atoms with E-state index in [0.717, 1.165) is 45.8 Å². The highest BCUT2D eigenvalue weighted by molar-refractivity contribution is 4.61. The summed E-state index contributed by atoms with van der Waals surface area (Å²) in [5.74, 6) is 0. The van der Waals surface area contributed by atoms with E-state index in [2.05, 4.69) is 27.8 Å². The molecule has 3 N–H and O–H groups in total. The van der Waals surface area contributed by atoms with Crippen LogP contribution in [0, 0.1) is 0 Å². The monoisotopic (exact) mass is 202 g/mol. The van der Waals surface area contributed by atoms with E-state index in [1.807, 2.05) is 14.1 Å². The molecule has 0 fully saturated rings. The zero-order valence-corrected chi connectivity index (χ0v) is 9.90. The van der Waals surface area contributed by atoms with Crippen molar-refractivity contribution in [1.29, 1.82) is 0 Å². The maximum Gasteiger partial charge on any atom is 0.0108 e. The van der Waals surface area contributed by atoms with Gasteiger partial charge in [-0.2, -0.15) is 0 Å². The second kappa shape index (κ2) is 10.9. The van der Waals surface area contributed by atoms with Crippen molar-refractivity contribution in [1.82, 2.24) is 20.9 Å². The minimum atomic E-state index is 1.06. The van der Waals surface area contributed by atoms with E-state index in [4.69, 9.17) is 0 Å². The van der Waals surface area contributed by atoms with Gasteiger partial charge in [0.15, 0.2) is 0 Å². The first-order valence-corrected chi connectivity index (χ1v) is 5.57. The lowest BCUT2D eigenvalue weighted by molar-refractivity contribution is 0.277. The van der Waals surface area contributed by atoms with Gasteiger partial charge in [-0.3, -0.25) is 4.90 Å². The first kappa shape index (κ1) is 13.8. The van der Waals surface area contributed by atoms with Gasteiger partial charge in [0.1, 0.15) is 0 Å². The van der Waals surface area contributed by atoms with Gasteiger partial charge in [-0.05, 0) is 20.6 Å². The zero-order valence-electron chi connectivity index (χ0n) is 9.90. The van der Waals surface area contributed by atoms with Crippen molar-refractivity contribution in [3.63, 3.8) is 0 Å². The van der Waals surface area contributed by atoms with Crippen LogP contribution in [0.5, 0.6) is 0 Å². The molecule has 0 aromatic carbocycles. The van der Waals surface area contributed by atoms with Crippen molar-refractivity contribution < 1.29 is 0 Å². The molecule has 0 radical (unpaired) electrons. The summed E-state index contributed by atoms with van der Waals surface area (Å²) < 4.78 is 0. The Kier molecular flexibility index (Phi) is 10.8. The smallest absolute Gasteiger partial charge is 0.0108 e. The van der Waals surface area contributed by atoms with Gasteiger partial charge in [-0.1, -0.05) is 6.92 Å². The van der Waals surface area contributed by atoms with Crippen LogP contribution in [-0.4, -0.2) is 64.8 Å². The molecule has 0 spiro atoms. The van der Waals surface area contributed by atoms with Crippen molar-refractivity contribution in [3.8, 4) is 0 Å². The van der Waals surface area contributed by atoms with Gasteiger partial charge in [0.05, 0.1) is 0 Å². The van der Waals surface area contributed by atoms with Crippen LogP contribution in [0.3, 0.4) is 0 Å². The van der Waals surface area contributed by atoms with Crippen molar-refractivity contribution in [2.45, 2.75) is 6.92 Å². The van der Waals surface area contributed by atoms with Gasteiger partial charge in [0.25, 0.3) is 0 Å². The van der Waals surface area contributed by atoms with E-state index in [1.54, 1.807) is 0 Å². The third-order valence-corrected chi connectivity index (χ3v) is 2.21. The summed E-state index contributed by atoms with van der Waals surface area (Å²) in [4.78, 5) is 2.47. The van der Waals surface area contributed by atoms with Crippen molar-refractivity contribution in [3.05, 3.63) is 0 Å². The van der Waals surface area contributed by atoms with Crippen molar-refractivity contribution in [2.24, 2.45) is 0 Å². The average Bonchev–Trinajstić information content (AvgIpc) is 2.21. The van der Waals surface area contributed by atoms with Gasteiger partial charge >= 0.3 is 0 Å². The molecule has 86 valence electrons. The number of nitrogens with one attached hydrogen (secondary N) is 3. The molecule has 0 aromatic heterocycles. The summed E-state index contributed by atoms with van der Waals surface area (Å²) in [5.41, 5.74) is 0. The molecule has 0 unspecified atom stereocenters. The molecular weight excluding hydrogens is 176 g/mol. The molecule has 0 aliphatic rings. The van der Waals surface area contributed by atoms with E-state index >= 15 is 0 Å². The molecule has 0 amide bonds. The molecule has 0 rings (SSSR count). The number of hydrogen-bond acceptors (Lipinski definition) is 4. The summed E-state index contributed by atoms with van der Waals surface area (Å²) in [6, 6.07) is 0. The summed E-state index contributed by atoms with van der Waals surface area (Å²) in [6.07, 6.45) is 0. The summed E-state index contributed by atoms with van der Waals surface area (Å²) in [6.45, 7) is 9.82. The Bertz CT molecular complexity index is 100. The Balaban J connectivity index is 3.49. The highest BCUT2D eigenvalue weighted by atomic mass is 15.2. The molecule has 0 atom stereocenters. The maximum absolute atomic E-state index is 3.35. The third-order valence-electron chi connectivity index (χ3n) is 2.21. The second-order valence-corrected chi connectivity index (χ2v) is 3.40. The highest BCUT2D eigenvalue weighted by Gasteiger charge is 2.01. The van der Waals surface area contributed by atoms with Gasteiger partial charge in [0.2, 0.25) is 0 Å². The number of hydrogen-bond donors (Lipinski definition) is 3. The van der Waals surface area contributed by atoms with Gasteiger partial charge in [-0.15, -0.1) is 0 Å². The number of likely N-dealkylation sites (N-methyl/N-ethyl adjacent to an activating group) is 3. The van der Waals surface area contributed by atoms with E-state index in [-0.39, 0.29) is 0 Å². The average molecular weight is 202 g/mol. The van der Waals surface area contributed by atoms with E-state index in [1.165, 1.54) is 0 Å². The number of nitrogens with zero attached hydrogens (tertiary/aromatic N) is 1. The molecule has 0 saturated carbocycles. The molecule has 0 bridgehead atoms. The maximum atomic E-state index is 3.35. The minimum Gasteiger partial charge on any atom is -0.318 e. The molecule has 0 heterocycles. The van der Waals surface area contributed by atoms with E-state index in [0.29, 0.717) is 0 Å². The first-order chi connectivity index (χ1) is 6.85. The van der Waals surface area contributed by atoms with Crippen molar-refractivity contribution in [2.75, 3.05) is 59.9 Å². The lowest BCUT2D eigenvalue weighted by Gasteiger charge is -2.22. The predicted molar refractivity (Wildman–Crippen MR) is 62.8 cm³/mol. The molecular formula is C10H26N4. The second-order valence-electron chi connectivity index (χ2n) is 3.40. The largest absolute Gasteiger partial charge is 0.318 e. The third kappa shape index (κ3) is 8.44. The Morgan fingerprint density at radius 1 is 0.857 bits per heavy atom. The molecule has 0 aliphatic heterocycles. The van der Waals surface area contributed by atoms with Gasteiger partial charge in [-0.25, -0.2) is 0 Å². The normalized spacial score (nSPS) is 11.1. The summed E-state index contributed by atoms with van der Waals surface area (Å²) in [5, 5.41) is 9.71. The first-order valence-electron chi connectivity index (χ1n) is 5.57. The van der Waals surface area contributed by atoms with Crippen LogP contribution in [0.4, 0.5) is 0 Å². The Morgan fingerprint density at radius 2 is 1.36 bits per heavy atom. The van der Waals surface area contributed by atoms with Crippen LogP contribution in [0.2, 0.25) is 0 Å². The quantitative estimate of drug-likeness (QED) is 0.411. The zero-order chi connectivity index (χ0) is 10.6. The standard InChI is InChI=1S/C10H26N4/c1-4-13-7-10-14(8-5-11-2)9-6-12-3/h11-13H,4-10H2,1-3H3. The molecule has 4 heteroatoms. The molecule has 4 nitrogen and oxygen atoms in total. The van der Waals surface area contributed by atoms with Crippen LogP contribution in [-0.2, 0) is 0 Å². The van der Waals surface area contributed by atoms with Gasteiger partial charge in [0, 0.05) is 39.3 Å². The lowest BCUT2D eigenvalue weighted by atomic mass is 10.4. The Labute approximate surface area is 88.4 Å². The minimum absolute atomic E-state index is 1.06. The molecule has 14 heavy (non-hydrogen) atoms. The summed E-state index contributed by atoms with van der Waals surface area (Å²) >= 11 is 0. The molecule has 0 saturated heterocycles. The van der Waals surface area contributed by atoms with Crippen LogP contribution in [0.1, 0.15) is 6.92 Å². The SMILES string of the molecule is CCNCCN(CCNC)CCNC. The van der Waals surface area contributed by atoms with Crippen molar-refractivity contribution >= 4 is 0 Å². The fourth-order valence-electron chi connectivity index (χ4n) is 1.29. The van der Waals surface area contributed by atoms with Crippen LogP contribution < -0.4 is 16.0 Å². The van der Waals surface area contributed by atoms with Crippen LogP contribution in [0.15, 0.2) is 0 Å². The highest BCUT2D eigenvalue weighted by Crippen LogP contribution is 1.84. The number of rotatable bonds is 10. The topological polar surface area (TPSA) is 39.3 Å². The molecule has 0 aliphatic carbocycles. The lowest BCUT2D eigenvalue weighted by Crippen LogP contribution is -2.39. The fourth-order valence-corrected chi connectivity index (χ4v) is 1.29. The van der Waals surface area contributed by atoms with Gasteiger partial charge < -0.3 is 16.0 Å². The van der Waals surface area contributed by atoms with Crippen LogP contribution in [0.25, 0.3) is 0 Å². The van der Waals surface area contributed by atoms with Crippen LogP contribution >= 0.6 is 0 Å².